The quantitative estimate of drug-likeness (QED) is 0.506. The Labute approximate surface area is 148 Å². The van der Waals surface area contributed by atoms with Crippen LogP contribution in [0.4, 0.5) is 5.69 Å². The summed E-state index contributed by atoms with van der Waals surface area (Å²) in [5.41, 5.74) is 2.06. The van der Waals surface area contributed by atoms with Crippen molar-refractivity contribution in [3.8, 4) is 0 Å². The summed E-state index contributed by atoms with van der Waals surface area (Å²) in [5.74, 6) is -1.02. The highest BCUT2D eigenvalue weighted by molar-refractivity contribution is 7.80. The second-order valence-corrected chi connectivity index (χ2v) is 6.07. The van der Waals surface area contributed by atoms with Gasteiger partial charge in [-0.3, -0.25) is 24.5 Å². The second kappa shape index (κ2) is 6.18. The molecule has 3 rings (SSSR count). The number of carbonyl (C=O) groups excluding carboxylic acids is 2. The lowest BCUT2D eigenvalue weighted by molar-refractivity contribution is -0.122. The van der Waals surface area contributed by atoms with E-state index in [4.69, 9.17) is 23.8 Å². The number of aryl methyl sites for hydroxylation is 1. The van der Waals surface area contributed by atoms with Crippen molar-refractivity contribution < 1.29 is 9.59 Å². The van der Waals surface area contributed by atoms with E-state index >= 15 is 0 Å². The van der Waals surface area contributed by atoms with Crippen molar-refractivity contribution in [3.63, 3.8) is 0 Å². The van der Waals surface area contributed by atoms with Crippen LogP contribution in [0.3, 0.4) is 0 Å². The molecular formula is C16H13ClN4O2S. The zero-order valence-corrected chi connectivity index (χ0v) is 14.5. The topological polar surface area (TPSA) is 67.2 Å². The molecule has 2 amide bonds. The molecule has 8 heteroatoms. The highest BCUT2D eigenvalue weighted by atomic mass is 35.5. The highest BCUT2D eigenvalue weighted by Gasteiger charge is 2.34. The van der Waals surface area contributed by atoms with Gasteiger partial charge in [0.2, 0.25) is 0 Å². The zero-order chi connectivity index (χ0) is 17.4. The smallest absolute Gasteiger partial charge is 0.270 e. The lowest BCUT2D eigenvalue weighted by Crippen LogP contribution is -2.54. The predicted molar refractivity (Wildman–Crippen MR) is 95.6 cm³/mol. The Hall–Kier alpha value is -2.51. The van der Waals surface area contributed by atoms with Crippen molar-refractivity contribution in [1.82, 2.24) is 15.1 Å². The van der Waals surface area contributed by atoms with Crippen LogP contribution in [0, 0.1) is 6.92 Å². The summed E-state index contributed by atoms with van der Waals surface area (Å²) < 4.78 is 1.67. The molecule has 1 fully saturated rings. The number of nitrogens with one attached hydrogen (secondary N) is 1. The van der Waals surface area contributed by atoms with Gasteiger partial charge >= 0.3 is 0 Å². The fraction of sp³-hybridized carbons (Fsp3) is 0.125. The van der Waals surface area contributed by atoms with Gasteiger partial charge in [-0.25, -0.2) is 0 Å². The minimum Gasteiger partial charge on any atom is -0.298 e. The predicted octanol–water partition coefficient (Wildman–Crippen LogP) is 2.21. The van der Waals surface area contributed by atoms with Gasteiger partial charge in [0.25, 0.3) is 11.8 Å². The van der Waals surface area contributed by atoms with Gasteiger partial charge in [-0.05, 0) is 49.5 Å². The number of aromatic nitrogens is 2. The largest absolute Gasteiger partial charge is 0.298 e. The number of rotatable bonds is 2. The van der Waals surface area contributed by atoms with Crippen molar-refractivity contribution >= 4 is 52.5 Å². The van der Waals surface area contributed by atoms with Gasteiger partial charge in [-0.15, -0.1) is 0 Å². The minimum absolute atomic E-state index is 0.00495. The van der Waals surface area contributed by atoms with Gasteiger partial charge < -0.3 is 0 Å². The van der Waals surface area contributed by atoms with Crippen LogP contribution in [-0.4, -0.2) is 26.7 Å². The van der Waals surface area contributed by atoms with Crippen molar-refractivity contribution in [2.45, 2.75) is 6.92 Å². The highest BCUT2D eigenvalue weighted by Crippen LogP contribution is 2.24. The van der Waals surface area contributed by atoms with E-state index in [1.165, 1.54) is 11.0 Å². The van der Waals surface area contributed by atoms with E-state index in [2.05, 4.69) is 10.4 Å². The summed E-state index contributed by atoms with van der Waals surface area (Å²) in [4.78, 5) is 26.3. The fourth-order valence-corrected chi connectivity index (χ4v) is 2.70. The number of hydrogen-bond acceptors (Lipinski definition) is 4. The molecule has 1 aromatic heterocycles. The Balaban J connectivity index is 2.03. The summed E-state index contributed by atoms with van der Waals surface area (Å²) in [6.45, 7) is 1.85. The molecular weight excluding hydrogens is 348 g/mol. The summed E-state index contributed by atoms with van der Waals surface area (Å²) in [7, 11) is 1.79. The number of halogens is 1. The molecule has 1 aliphatic rings. The third-order valence-electron chi connectivity index (χ3n) is 3.76. The van der Waals surface area contributed by atoms with Crippen LogP contribution in [0.1, 0.15) is 11.3 Å². The Morgan fingerprint density at radius 1 is 1.25 bits per heavy atom. The van der Waals surface area contributed by atoms with Crippen molar-refractivity contribution in [1.29, 1.82) is 0 Å². The van der Waals surface area contributed by atoms with Crippen LogP contribution in [-0.2, 0) is 16.6 Å². The van der Waals surface area contributed by atoms with Crippen LogP contribution in [0.5, 0.6) is 0 Å². The lowest BCUT2D eigenvalue weighted by atomic mass is 10.1. The number of nitrogens with zero attached hydrogens (tertiary/aromatic N) is 3. The first-order valence-electron chi connectivity index (χ1n) is 7.04. The second-order valence-electron chi connectivity index (χ2n) is 5.24. The Kier molecular flexibility index (Phi) is 4.21. The number of amides is 2. The minimum atomic E-state index is -0.529. The first kappa shape index (κ1) is 16.4. The summed E-state index contributed by atoms with van der Waals surface area (Å²) >= 11 is 11.0. The van der Waals surface area contributed by atoms with Crippen molar-refractivity contribution in [3.05, 3.63) is 52.3 Å². The first-order chi connectivity index (χ1) is 11.4. The molecule has 1 N–H and O–H groups in total. The molecule has 0 aliphatic carbocycles. The van der Waals surface area contributed by atoms with Gasteiger partial charge in [0.15, 0.2) is 5.11 Å². The molecule has 2 aromatic rings. The van der Waals surface area contributed by atoms with Crippen LogP contribution < -0.4 is 10.2 Å². The number of thiocarbonyl (C=S) groups is 1. The maximum absolute atomic E-state index is 12.8. The van der Waals surface area contributed by atoms with E-state index in [0.29, 0.717) is 16.3 Å². The molecule has 2 heterocycles. The molecule has 1 aliphatic heterocycles. The van der Waals surface area contributed by atoms with Gasteiger partial charge in [0.05, 0.1) is 11.9 Å². The summed E-state index contributed by atoms with van der Waals surface area (Å²) in [5, 5.41) is 7.22. The molecule has 0 bridgehead atoms. The summed E-state index contributed by atoms with van der Waals surface area (Å²) in [6.07, 6.45) is 3.12. The third kappa shape index (κ3) is 2.83. The Morgan fingerprint density at radius 3 is 2.50 bits per heavy atom. The Bertz CT molecular complexity index is 886. The lowest BCUT2D eigenvalue weighted by Gasteiger charge is -2.28. The molecule has 0 saturated carbocycles. The monoisotopic (exact) mass is 360 g/mol. The average Bonchev–Trinajstić information content (AvgIpc) is 2.85. The van der Waals surface area contributed by atoms with Gasteiger partial charge in [-0.1, -0.05) is 11.6 Å². The third-order valence-corrected chi connectivity index (χ3v) is 4.30. The molecule has 0 atom stereocenters. The maximum Gasteiger partial charge on any atom is 0.270 e. The first-order valence-corrected chi connectivity index (χ1v) is 7.82. The van der Waals surface area contributed by atoms with Crippen LogP contribution in [0.25, 0.3) is 6.08 Å². The van der Waals surface area contributed by atoms with Crippen molar-refractivity contribution in [2.75, 3.05) is 4.90 Å². The maximum atomic E-state index is 12.8. The standard InChI is InChI=1S/C16H13ClN4O2S/c1-9-10(8-18-20(9)2)7-13-14(22)19-16(24)21(15(13)23)12-5-3-11(17)4-6-12/h3-8H,1-2H3,(H,19,22,24)/b13-7+. The van der Waals surface area contributed by atoms with E-state index in [-0.39, 0.29) is 10.7 Å². The SMILES string of the molecule is Cc1c(/C=C2\C(=O)NC(=S)N(c3ccc(Cl)cc3)C2=O)cnn1C. The van der Waals surface area contributed by atoms with Crippen LogP contribution in [0.2, 0.25) is 5.02 Å². The summed E-state index contributed by atoms with van der Waals surface area (Å²) in [6, 6.07) is 6.63. The number of benzene rings is 1. The fourth-order valence-electron chi connectivity index (χ4n) is 2.29. The molecule has 6 nitrogen and oxygen atoms in total. The van der Waals surface area contributed by atoms with E-state index in [1.807, 2.05) is 6.92 Å². The molecule has 0 unspecified atom stereocenters. The molecule has 24 heavy (non-hydrogen) atoms. The normalized spacial score (nSPS) is 16.7. The van der Waals surface area contributed by atoms with Crippen molar-refractivity contribution in [2.24, 2.45) is 7.05 Å². The van der Waals surface area contributed by atoms with Gasteiger partial charge in [0, 0.05) is 23.3 Å². The van der Waals surface area contributed by atoms with E-state index in [0.717, 1.165) is 5.69 Å². The van der Waals surface area contributed by atoms with E-state index in [9.17, 15) is 9.59 Å². The molecule has 1 saturated heterocycles. The zero-order valence-electron chi connectivity index (χ0n) is 12.9. The van der Waals surface area contributed by atoms with Crippen LogP contribution in [0.15, 0.2) is 36.0 Å². The Morgan fingerprint density at radius 2 is 1.92 bits per heavy atom. The molecule has 0 radical (unpaired) electrons. The molecule has 122 valence electrons. The van der Waals surface area contributed by atoms with Gasteiger partial charge in [-0.2, -0.15) is 5.10 Å². The van der Waals surface area contributed by atoms with E-state index < -0.39 is 11.8 Å². The molecule has 1 aromatic carbocycles. The van der Waals surface area contributed by atoms with Gasteiger partial charge in [0.1, 0.15) is 5.57 Å². The van der Waals surface area contributed by atoms with E-state index in [1.54, 1.807) is 42.2 Å². The number of carbonyl (C=O) groups is 2. The number of anilines is 1. The number of hydrogen-bond donors (Lipinski definition) is 1. The average molecular weight is 361 g/mol. The van der Waals surface area contributed by atoms with Crippen LogP contribution >= 0.6 is 23.8 Å². The molecule has 0 spiro atoms.